The number of nitrogens with zero attached hydrogens (tertiary/aromatic N) is 1. The number of hydrogen-bond acceptors (Lipinski definition) is 5. The molecule has 0 aromatic rings. The van der Waals surface area contributed by atoms with Gasteiger partial charge in [0.25, 0.3) is 0 Å². The van der Waals surface area contributed by atoms with Gasteiger partial charge in [0.15, 0.2) is 0 Å². The lowest BCUT2D eigenvalue weighted by atomic mass is 10.1. The van der Waals surface area contributed by atoms with Gasteiger partial charge in [0.2, 0.25) is 5.91 Å². The number of unbranched alkanes of at least 4 members (excludes halogenated alkanes) is 1. The van der Waals surface area contributed by atoms with E-state index in [4.69, 9.17) is 0 Å². The van der Waals surface area contributed by atoms with Crippen molar-refractivity contribution in [1.29, 1.82) is 0 Å². The summed E-state index contributed by atoms with van der Waals surface area (Å²) in [5.74, 6) is -0.0512. The molecule has 0 saturated carbocycles. The largest absolute Gasteiger partial charge is 0.469 e. The van der Waals surface area contributed by atoms with Crippen LogP contribution in [0.1, 0.15) is 38.5 Å². The number of carbonyl (C=O) groups excluding carboxylic acids is 2. The van der Waals surface area contributed by atoms with E-state index in [1.54, 1.807) is 22.7 Å². The van der Waals surface area contributed by atoms with Crippen molar-refractivity contribution < 1.29 is 14.3 Å². The molecular formula is C14H23NO3S2. The predicted molar refractivity (Wildman–Crippen MR) is 85.5 cm³/mol. The average molecular weight is 317 g/mol. The lowest BCUT2D eigenvalue weighted by molar-refractivity contribution is -0.141. The Hall–Kier alpha value is -0.620. The van der Waals surface area contributed by atoms with E-state index in [9.17, 15) is 9.59 Å². The van der Waals surface area contributed by atoms with Gasteiger partial charge in [-0.05, 0) is 24.7 Å². The minimum atomic E-state index is -0.217. The Labute approximate surface area is 129 Å². The lowest BCUT2D eigenvalue weighted by Gasteiger charge is -2.16. The van der Waals surface area contributed by atoms with Crippen LogP contribution in [0.2, 0.25) is 0 Å². The molecule has 0 N–H and O–H groups in total. The van der Waals surface area contributed by atoms with Gasteiger partial charge in [0.1, 0.15) is 0 Å². The molecule has 4 nitrogen and oxygen atoms in total. The normalized spacial score (nSPS) is 17.2. The van der Waals surface area contributed by atoms with Crippen LogP contribution >= 0.6 is 21.6 Å². The summed E-state index contributed by atoms with van der Waals surface area (Å²) in [6.07, 6.45) is 7.04. The Morgan fingerprint density at radius 1 is 1.25 bits per heavy atom. The molecule has 0 saturated heterocycles. The third-order valence-electron chi connectivity index (χ3n) is 3.19. The molecule has 1 aliphatic rings. The van der Waals surface area contributed by atoms with E-state index in [0.717, 1.165) is 19.3 Å². The maximum absolute atomic E-state index is 11.9. The van der Waals surface area contributed by atoms with Gasteiger partial charge >= 0.3 is 5.97 Å². The van der Waals surface area contributed by atoms with Gasteiger partial charge in [0.05, 0.1) is 7.11 Å². The van der Waals surface area contributed by atoms with E-state index in [2.05, 4.69) is 16.2 Å². The number of amides is 1. The fourth-order valence-corrected chi connectivity index (χ4v) is 4.16. The van der Waals surface area contributed by atoms with Crippen LogP contribution in [0.15, 0.2) is 11.5 Å². The number of methoxy groups -OCH3 is 1. The minimum absolute atomic E-state index is 0.166. The highest BCUT2D eigenvalue weighted by Gasteiger charge is 2.12. The molecule has 0 aromatic carbocycles. The molecule has 6 heteroatoms. The summed E-state index contributed by atoms with van der Waals surface area (Å²) >= 11 is 0. The van der Waals surface area contributed by atoms with Crippen LogP contribution in [0, 0.1) is 0 Å². The van der Waals surface area contributed by atoms with Crippen LogP contribution in [0.4, 0.5) is 0 Å². The van der Waals surface area contributed by atoms with E-state index in [0.29, 0.717) is 31.1 Å². The smallest absolute Gasteiger partial charge is 0.305 e. The van der Waals surface area contributed by atoms with Crippen molar-refractivity contribution in [3.8, 4) is 0 Å². The van der Waals surface area contributed by atoms with Crippen molar-refractivity contribution in [3.05, 3.63) is 11.5 Å². The first-order valence-electron chi connectivity index (χ1n) is 6.93. The Balaban J connectivity index is 2.02. The Morgan fingerprint density at radius 3 is 2.70 bits per heavy atom. The summed E-state index contributed by atoms with van der Waals surface area (Å²) in [7, 11) is 6.86. The summed E-state index contributed by atoms with van der Waals surface area (Å²) in [5.41, 5.74) is 0. The molecule has 0 radical (unpaired) electrons. The second kappa shape index (κ2) is 10.2. The van der Waals surface area contributed by atoms with Crippen molar-refractivity contribution >= 4 is 33.5 Å². The fraction of sp³-hybridized carbons (Fsp3) is 0.714. The monoisotopic (exact) mass is 317 g/mol. The van der Waals surface area contributed by atoms with Crippen molar-refractivity contribution in [1.82, 2.24) is 4.90 Å². The van der Waals surface area contributed by atoms with Crippen molar-refractivity contribution in [3.63, 3.8) is 0 Å². The molecule has 1 atom stereocenters. The zero-order valence-corrected chi connectivity index (χ0v) is 13.8. The number of hydrogen-bond donors (Lipinski definition) is 0. The molecule has 1 amide bonds. The molecular weight excluding hydrogens is 294 g/mol. The standard InChI is InChI=1S/C14H23NO3S2/c1-15(10-5-8-14(17)18-2)13(16)7-4-3-6-12-9-11-19-20-12/h9,11-12H,3-8,10H2,1-2H3. The fourth-order valence-electron chi connectivity index (χ4n) is 1.90. The molecule has 1 rings (SSSR count). The van der Waals surface area contributed by atoms with Crippen LogP contribution in [-0.4, -0.2) is 42.7 Å². The molecule has 1 aliphatic heterocycles. The maximum Gasteiger partial charge on any atom is 0.305 e. The van der Waals surface area contributed by atoms with E-state index >= 15 is 0 Å². The Kier molecular flexibility index (Phi) is 8.85. The van der Waals surface area contributed by atoms with Crippen molar-refractivity contribution in [2.24, 2.45) is 0 Å². The maximum atomic E-state index is 11.9. The average Bonchev–Trinajstić information content (AvgIpc) is 2.96. The van der Waals surface area contributed by atoms with Gasteiger partial charge < -0.3 is 9.64 Å². The first-order chi connectivity index (χ1) is 9.63. The molecule has 20 heavy (non-hydrogen) atoms. The quantitative estimate of drug-likeness (QED) is 0.371. The molecule has 1 heterocycles. The van der Waals surface area contributed by atoms with E-state index < -0.39 is 0 Å². The van der Waals surface area contributed by atoms with Crippen LogP contribution in [0.3, 0.4) is 0 Å². The second-order valence-electron chi connectivity index (χ2n) is 4.80. The number of carbonyl (C=O) groups is 2. The van der Waals surface area contributed by atoms with Gasteiger partial charge in [0, 0.05) is 31.7 Å². The van der Waals surface area contributed by atoms with Crippen LogP contribution < -0.4 is 0 Å². The number of esters is 1. The van der Waals surface area contributed by atoms with Crippen LogP contribution in [-0.2, 0) is 14.3 Å². The summed E-state index contributed by atoms with van der Waals surface area (Å²) in [6, 6.07) is 0. The Morgan fingerprint density at radius 2 is 2.05 bits per heavy atom. The molecule has 0 fully saturated rings. The topological polar surface area (TPSA) is 46.6 Å². The third-order valence-corrected chi connectivity index (χ3v) is 5.61. The zero-order chi connectivity index (χ0) is 14.8. The second-order valence-corrected chi connectivity index (χ2v) is 7.22. The van der Waals surface area contributed by atoms with E-state index in [1.807, 2.05) is 10.8 Å². The highest BCUT2D eigenvalue weighted by Crippen LogP contribution is 2.37. The summed E-state index contributed by atoms with van der Waals surface area (Å²) < 4.78 is 4.57. The summed E-state index contributed by atoms with van der Waals surface area (Å²) in [6.45, 7) is 0.617. The zero-order valence-electron chi connectivity index (χ0n) is 12.2. The Bertz CT molecular complexity index is 347. The lowest BCUT2D eigenvalue weighted by Crippen LogP contribution is -2.27. The summed E-state index contributed by atoms with van der Waals surface area (Å²) in [4.78, 5) is 24.5. The van der Waals surface area contributed by atoms with Gasteiger partial charge in [-0.15, -0.1) is 0 Å². The summed E-state index contributed by atoms with van der Waals surface area (Å²) in [5, 5.41) is 2.75. The highest BCUT2D eigenvalue weighted by molar-refractivity contribution is 8.78. The molecule has 1 unspecified atom stereocenters. The first kappa shape index (κ1) is 17.4. The molecule has 0 aromatic heterocycles. The third kappa shape index (κ3) is 7.24. The van der Waals surface area contributed by atoms with Crippen LogP contribution in [0.5, 0.6) is 0 Å². The van der Waals surface area contributed by atoms with Gasteiger partial charge in [-0.3, -0.25) is 9.59 Å². The molecule has 0 aliphatic carbocycles. The van der Waals surface area contributed by atoms with E-state index in [-0.39, 0.29) is 11.9 Å². The SMILES string of the molecule is COC(=O)CCCN(C)C(=O)CCCCC1C=CSS1. The predicted octanol–water partition coefficient (Wildman–Crippen LogP) is 3.24. The van der Waals surface area contributed by atoms with E-state index in [1.165, 1.54) is 7.11 Å². The van der Waals surface area contributed by atoms with Gasteiger partial charge in [-0.25, -0.2) is 0 Å². The number of rotatable bonds is 9. The van der Waals surface area contributed by atoms with Crippen molar-refractivity contribution in [2.75, 3.05) is 20.7 Å². The van der Waals surface area contributed by atoms with Crippen LogP contribution in [0.25, 0.3) is 0 Å². The van der Waals surface area contributed by atoms with Gasteiger partial charge in [-0.1, -0.05) is 34.1 Å². The van der Waals surface area contributed by atoms with Crippen molar-refractivity contribution in [2.45, 2.75) is 43.8 Å². The highest BCUT2D eigenvalue weighted by atomic mass is 33.1. The minimum Gasteiger partial charge on any atom is -0.469 e. The first-order valence-corrected chi connectivity index (χ1v) is 9.20. The molecule has 0 spiro atoms. The molecule has 0 bridgehead atoms. The van der Waals surface area contributed by atoms with Gasteiger partial charge in [-0.2, -0.15) is 0 Å². The number of ether oxygens (including phenoxy) is 1. The molecule has 114 valence electrons.